The van der Waals surface area contributed by atoms with Gasteiger partial charge in [0, 0.05) is 39.9 Å². The largest absolute Gasteiger partial charge is 0.507 e. The number of Topliss-reactive ketones (excluding diaryl/α,β-unsaturated/α-hetero) is 1. The molecule has 1 unspecified atom stereocenters. The number of amides is 1. The molecule has 1 aliphatic heterocycles. The number of aliphatic hydroxyl groups is 1. The van der Waals surface area contributed by atoms with Crippen LogP contribution in [0, 0.1) is 0 Å². The van der Waals surface area contributed by atoms with Gasteiger partial charge < -0.3 is 14.7 Å². The molecule has 1 fully saturated rings. The van der Waals surface area contributed by atoms with Crippen LogP contribution in [-0.4, -0.2) is 68.8 Å². The second-order valence-corrected chi connectivity index (χ2v) is 11.1. The fourth-order valence-electron chi connectivity index (χ4n) is 4.05. The van der Waals surface area contributed by atoms with Crippen molar-refractivity contribution in [2.75, 3.05) is 34.4 Å². The molecule has 1 heterocycles. The minimum absolute atomic E-state index is 0.0204. The summed E-state index contributed by atoms with van der Waals surface area (Å²) < 4.78 is 31.0. The number of likely N-dealkylation sites (tertiary alicyclic amines) is 1. The number of carbonyl (C=O) groups is 2. The molecule has 188 valence electrons. The lowest BCUT2D eigenvalue weighted by Crippen LogP contribution is -2.31. The number of sulfonamides is 1. The molecule has 1 aliphatic rings. The van der Waals surface area contributed by atoms with Gasteiger partial charge in [-0.05, 0) is 47.7 Å². The summed E-state index contributed by atoms with van der Waals surface area (Å²) in [6, 6.07) is 12.5. The molecule has 2 aromatic carbocycles. The van der Waals surface area contributed by atoms with Crippen LogP contribution in [0.4, 0.5) is 0 Å². The Morgan fingerprint density at radius 2 is 1.66 bits per heavy atom. The number of ether oxygens (including phenoxy) is 1. The van der Waals surface area contributed by atoms with Gasteiger partial charge >= 0.3 is 0 Å². The van der Waals surface area contributed by atoms with E-state index >= 15 is 0 Å². The monoisotopic (exact) mass is 500 g/mol. The van der Waals surface area contributed by atoms with Crippen molar-refractivity contribution in [3.63, 3.8) is 0 Å². The minimum atomic E-state index is -3.65. The maximum atomic E-state index is 13.1. The Morgan fingerprint density at radius 1 is 1.06 bits per heavy atom. The Bertz CT molecular complexity index is 1220. The van der Waals surface area contributed by atoms with E-state index in [-0.39, 0.29) is 28.3 Å². The molecule has 1 atom stereocenters. The predicted octanol–water partition coefficient (Wildman–Crippen LogP) is 3.52. The van der Waals surface area contributed by atoms with Gasteiger partial charge in [0.25, 0.3) is 11.7 Å². The van der Waals surface area contributed by atoms with Crippen molar-refractivity contribution in [1.29, 1.82) is 0 Å². The number of carbonyl (C=O) groups excluding carboxylic acids is 2. The average Bonchev–Trinajstić information content (AvgIpc) is 3.08. The van der Waals surface area contributed by atoms with Crippen molar-refractivity contribution in [1.82, 2.24) is 9.21 Å². The average molecular weight is 501 g/mol. The van der Waals surface area contributed by atoms with Crippen molar-refractivity contribution < 1.29 is 27.9 Å². The van der Waals surface area contributed by atoms with Crippen LogP contribution in [0.15, 0.2) is 59.0 Å². The quantitative estimate of drug-likeness (QED) is 0.245. The van der Waals surface area contributed by atoms with Crippen LogP contribution in [0.25, 0.3) is 5.76 Å². The summed E-state index contributed by atoms with van der Waals surface area (Å²) in [6.07, 6.45) is 0.529. The van der Waals surface area contributed by atoms with Gasteiger partial charge in [0.2, 0.25) is 10.0 Å². The summed E-state index contributed by atoms with van der Waals surface area (Å²) in [5, 5.41) is 11.2. The predicted molar refractivity (Wildman–Crippen MR) is 133 cm³/mol. The highest BCUT2D eigenvalue weighted by Crippen LogP contribution is 2.40. The minimum Gasteiger partial charge on any atom is -0.507 e. The third-order valence-electron chi connectivity index (χ3n) is 6.11. The molecule has 1 N–H and O–H groups in total. The highest BCUT2D eigenvalue weighted by molar-refractivity contribution is 7.89. The summed E-state index contributed by atoms with van der Waals surface area (Å²) >= 11 is 0. The molecular weight excluding hydrogens is 468 g/mol. The first-order valence-electron chi connectivity index (χ1n) is 11.4. The van der Waals surface area contributed by atoms with Crippen LogP contribution >= 0.6 is 0 Å². The number of ketones is 1. The highest BCUT2D eigenvalue weighted by Gasteiger charge is 2.45. The smallest absolute Gasteiger partial charge is 0.295 e. The van der Waals surface area contributed by atoms with E-state index in [1.165, 1.54) is 43.3 Å². The standard InChI is InChI=1S/C26H32N2O6S/c1-17(2)18-7-9-19(10-8-18)23-22(25(30)26(31)28(23)15-6-16-34-5)24(29)20-11-13-21(14-12-20)35(32,33)27(3)4/h7-14,17,23,29H,6,15-16H2,1-5H3/b24-22-. The van der Waals surface area contributed by atoms with E-state index in [4.69, 9.17) is 4.74 Å². The van der Waals surface area contributed by atoms with E-state index in [0.29, 0.717) is 24.5 Å². The maximum absolute atomic E-state index is 13.1. The van der Waals surface area contributed by atoms with Gasteiger partial charge in [0.1, 0.15) is 5.76 Å². The van der Waals surface area contributed by atoms with Crippen molar-refractivity contribution in [2.24, 2.45) is 0 Å². The third-order valence-corrected chi connectivity index (χ3v) is 7.94. The first-order valence-corrected chi connectivity index (χ1v) is 12.8. The zero-order valence-corrected chi connectivity index (χ0v) is 21.5. The van der Waals surface area contributed by atoms with Crippen LogP contribution in [-0.2, 0) is 24.3 Å². The normalized spacial score (nSPS) is 18.1. The molecule has 0 radical (unpaired) electrons. The zero-order valence-electron chi connectivity index (χ0n) is 20.7. The summed E-state index contributed by atoms with van der Waals surface area (Å²) in [5.41, 5.74) is 2.05. The van der Waals surface area contributed by atoms with Gasteiger partial charge in [0.15, 0.2) is 0 Å². The molecule has 1 amide bonds. The van der Waals surface area contributed by atoms with E-state index in [9.17, 15) is 23.1 Å². The molecule has 0 aliphatic carbocycles. The van der Waals surface area contributed by atoms with Crippen LogP contribution in [0.3, 0.4) is 0 Å². The molecule has 8 nitrogen and oxygen atoms in total. The summed E-state index contributed by atoms with van der Waals surface area (Å²) in [7, 11) is 0.775. The Balaban J connectivity index is 2.10. The van der Waals surface area contributed by atoms with Crippen LogP contribution in [0.5, 0.6) is 0 Å². The van der Waals surface area contributed by atoms with Gasteiger partial charge in [0.05, 0.1) is 16.5 Å². The van der Waals surface area contributed by atoms with Gasteiger partial charge in [-0.1, -0.05) is 38.1 Å². The van der Waals surface area contributed by atoms with Crippen molar-refractivity contribution in [2.45, 2.75) is 37.1 Å². The van der Waals surface area contributed by atoms with E-state index in [0.717, 1.165) is 9.87 Å². The van der Waals surface area contributed by atoms with Crippen molar-refractivity contribution in [3.05, 3.63) is 70.8 Å². The topological polar surface area (TPSA) is 104 Å². The van der Waals surface area contributed by atoms with Crippen LogP contribution in [0.1, 0.15) is 48.9 Å². The molecule has 9 heteroatoms. The fraction of sp³-hybridized carbons (Fsp3) is 0.385. The molecule has 0 saturated carbocycles. The lowest BCUT2D eigenvalue weighted by Gasteiger charge is -2.25. The second-order valence-electron chi connectivity index (χ2n) is 8.97. The first-order chi connectivity index (χ1) is 16.5. The molecule has 2 aromatic rings. The number of hydrogen-bond acceptors (Lipinski definition) is 6. The Kier molecular flexibility index (Phi) is 8.15. The number of nitrogens with zero attached hydrogens (tertiary/aromatic N) is 2. The van der Waals surface area contributed by atoms with Gasteiger partial charge in [-0.25, -0.2) is 12.7 Å². The zero-order chi connectivity index (χ0) is 25.9. The van der Waals surface area contributed by atoms with E-state index < -0.39 is 27.8 Å². The Labute approximate surface area is 206 Å². The molecule has 0 aromatic heterocycles. The highest BCUT2D eigenvalue weighted by atomic mass is 32.2. The van der Waals surface area contributed by atoms with Crippen molar-refractivity contribution in [3.8, 4) is 0 Å². The van der Waals surface area contributed by atoms with Crippen LogP contribution in [0.2, 0.25) is 0 Å². The van der Waals surface area contributed by atoms with E-state index in [2.05, 4.69) is 13.8 Å². The van der Waals surface area contributed by atoms with E-state index in [1.807, 2.05) is 24.3 Å². The molecule has 1 saturated heterocycles. The van der Waals surface area contributed by atoms with Crippen molar-refractivity contribution >= 4 is 27.5 Å². The summed E-state index contributed by atoms with van der Waals surface area (Å²) in [6.45, 7) is 4.85. The lowest BCUT2D eigenvalue weighted by molar-refractivity contribution is -0.140. The third kappa shape index (κ3) is 5.32. The molecule has 0 bridgehead atoms. The molecular formula is C26H32N2O6S. The van der Waals surface area contributed by atoms with Gasteiger partial charge in [-0.2, -0.15) is 0 Å². The Morgan fingerprint density at radius 3 is 2.17 bits per heavy atom. The van der Waals surface area contributed by atoms with E-state index in [1.54, 1.807) is 7.11 Å². The second kappa shape index (κ2) is 10.7. The number of aliphatic hydroxyl groups excluding tert-OH is 1. The SMILES string of the molecule is COCCCN1C(=O)C(=O)/C(=C(\O)c2ccc(S(=O)(=O)N(C)C)cc2)C1c1ccc(C(C)C)cc1. The van der Waals surface area contributed by atoms with Gasteiger partial charge in [-0.3, -0.25) is 9.59 Å². The number of rotatable bonds is 9. The lowest BCUT2D eigenvalue weighted by atomic mass is 9.93. The number of methoxy groups -OCH3 is 1. The fourth-order valence-corrected chi connectivity index (χ4v) is 4.95. The molecule has 3 rings (SSSR count). The number of hydrogen-bond donors (Lipinski definition) is 1. The first kappa shape index (κ1) is 26.6. The molecule has 35 heavy (non-hydrogen) atoms. The Hall–Kier alpha value is -3.01. The van der Waals surface area contributed by atoms with Crippen LogP contribution < -0.4 is 0 Å². The van der Waals surface area contributed by atoms with Gasteiger partial charge in [-0.15, -0.1) is 0 Å². The summed E-state index contributed by atoms with van der Waals surface area (Å²) in [4.78, 5) is 27.6. The maximum Gasteiger partial charge on any atom is 0.295 e. The molecule has 0 spiro atoms. The number of benzene rings is 2. The summed E-state index contributed by atoms with van der Waals surface area (Å²) in [5.74, 6) is -1.49.